The van der Waals surface area contributed by atoms with Crippen LogP contribution in [0.15, 0.2) is 72.9 Å². The Bertz CT molecular complexity index is 1030. The van der Waals surface area contributed by atoms with E-state index in [0.29, 0.717) is 23.5 Å². The van der Waals surface area contributed by atoms with E-state index in [0.717, 1.165) is 18.7 Å². The number of hydrogen-bond donors (Lipinski definition) is 3. The normalized spacial score (nSPS) is 11.7. The predicted octanol–water partition coefficient (Wildman–Crippen LogP) is 3.73. The van der Waals surface area contributed by atoms with Gasteiger partial charge >= 0.3 is 0 Å². The Morgan fingerprint density at radius 2 is 1.62 bits per heavy atom. The lowest BCUT2D eigenvalue weighted by Crippen LogP contribution is -2.38. The number of rotatable bonds is 9. The number of nitrogens with zero attached hydrogens (tertiary/aromatic N) is 2. The Balaban J connectivity index is 1.70. The second-order valence-corrected chi connectivity index (χ2v) is 7.40. The van der Waals surface area contributed by atoms with E-state index in [9.17, 15) is 9.59 Å². The number of nitrogens with two attached hydrogens (primary N) is 1. The molecule has 1 aromatic heterocycles. The number of aromatic nitrogens is 1. The third-order valence-corrected chi connectivity index (χ3v) is 5.31. The van der Waals surface area contributed by atoms with Crippen molar-refractivity contribution >= 4 is 23.2 Å². The van der Waals surface area contributed by atoms with E-state index < -0.39 is 5.91 Å². The van der Waals surface area contributed by atoms with Crippen LogP contribution in [0.25, 0.3) is 0 Å². The Morgan fingerprint density at radius 3 is 2.25 bits per heavy atom. The van der Waals surface area contributed by atoms with Crippen LogP contribution in [-0.4, -0.2) is 41.3 Å². The molecular weight excluding hydrogens is 402 g/mol. The molecule has 1 unspecified atom stereocenters. The highest BCUT2D eigenvalue weighted by molar-refractivity contribution is 6.05. The summed E-state index contributed by atoms with van der Waals surface area (Å²) >= 11 is 0. The molecule has 0 bridgehead atoms. The fraction of sp³-hybridized carbons (Fsp3) is 0.240. The molecule has 32 heavy (non-hydrogen) atoms. The SMILES string of the molecule is CCN(CC)CC(NC(=O)c1ccc(C(=O)Nc2ccccc2N)nc1)c1ccccc1. The Kier molecular flexibility index (Phi) is 7.94. The molecule has 0 aliphatic carbocycles. The van der Waals surface area contributed by atoms with Crippen molar-refractivity contribution < 1.29 is 9.59 Å². The quantitative estimate of drug-likeness (QED) is 0.448. The van der Waals surface area contributed by atoms with Crippen LogP contribution >= 0.6 is 0 Å². The van der Waals surface area contributed by atoms with E-state index in [-0.39, 0.29) is 17.6 Å². The Hall–Kier alpha value is -3.71. The number of hydrogen-bond acceptors (Lipinski definition) is 5. The number of carbonyl (C=O) groups excluding carboxylic acids is 2. The molecular formula is C25H29N5O2. The number of likely N-dealkylation sites (N-methyl/N-ethyl adjacent to an activating group) is 1. The summed E-state index contributed by atoms with van der Waals surface area (Å²) in [4.78, 5) is 31.8. The van der Waals surface area contributed by atoms with E-state index in [1.807, 2.05) is 30.3 Å². The van der Waals surface area contributed by atoms with Gasteiger partial charge in [-0.3, -0.25) is 14.6 Å². The number of benzene rings is 2. The molecule has 7 nitrogen and oxygen atoms in total. The van der Waals surface area contributed by atoms with Gasteiger partial charge in [-0.1, -0.05) is 56.3 Å². The first-order chi connectivity index (χ1) is 15.5. The average molecular weight is 432 g/mol. The van der Waals surface area contributed by atoms with Crippen molar-refractivity contribution in [1.29, 1.82) is 0 Å². The summed E-state index contributed by atoms with van der Waals surface area (Å²) in [7, 11) is 0. The molecule has 4 N–H and O–H groups in total. The van der Waals surface area contributed by atoms with Gasteiger partial charge in [-0.25, -0.2) is 0 Å². The maximum atomic E-state index is 12.9. The van der Waals surface area contributed by atoms with E-state index in [1.165, 1.54) is 12.3 Å². The molecule has 1 heterocycles. The number of amides is 2. The number of anilines is 2. The molecule has 0 saturated carbocycles. The molecule has 1 atom stereocenters. The summed E-state index contributed by atoms with van der Waals surface area (Å²) in [5.41, 5.74) is 8.48. The lowest BCUT2D eigenvalue weighted by Gasteiger charge is -2.26. The third kappa shape index (κ3) is 5.92. The first kappa shape index (κ1) is 23.0. The van der Waals surface area contributed by atoms with Gasteiger partial charge in [0.1, 0.15) is 5.69 Å². The van der Waals surface area contributed by atoms with Crippen LogP contribution in [0.5, 0.6) is 0 Å². The molecule has 7 heteroatoms. The zero-order valence-corrected chi connectivity index (χ0v) is 18.4. The zero-order valence-electron chi connectivity index (χ0n) is 18.4. The molecule has 0 saturated heterocycles. The van der Waals surface area contributed by atoms with E-state index in [2.05, 4.69) is 34.4 Å². The minimum absolute atomic E-state index is 0.160. The number of carbonyl (C=O) groups is 2. The van der Waals surface area contributed by atoms with Gasteiger partial charge in [0.2, 0.25) is 0 Å². The second kappa shape index (κ2) is 11.1. The van der Waals surface area contributed by atoms with Crippen LogP contribution in [0.2, 0.25) is 0 Å². The average Bonchev–Trinajstić information content (AvgIpc) is 2.83. The fourth-order valence-corrected chi connectivity index (χ4v) is 3.36. The predicted molar refractivity (Wildman–Crippen MR) is 127 cm³/mol. The largest absolute Gasteiger partial charge is 0.397 e. The summed E-state index contributed by atoms with van der Waals surface area (Å²) in [6, 6.07) is 19.9. The maximum Gasteiger partial charge on any atom is 0.274 e. The van der Waals surface area contributed by atoms with Gasteiger partial charge in [-0.15, -0.1) is 0 Å². The molecule has 3 aromatic rings. The van der Waals surface area contributed by atoms with Gasteiger partial charge in [0, 0.05) is 12.7 Å². The standard InChI is InChI=1S/C25H29N5O2/c1-3-30(4-2)17-23(18-10-6-5-7-11-18)29-24(31)19-14-15-22(27-16-19)25(32)28-21-13-9-8-12-20(21)26/h5-16,23H,3-4,17,26H2,1-2H3,(H,28,32)(H,29,31). The third-order valence-electron chi connectivity index (χ3n) is 5.31. The van der Waals surface area contributed by atoms with Crippen molar-refractivity contribution in [2.45, 2.75) is 19.9 Å². The van der Waals surface area contributed by atoms with Crippen LogP contribution in [-0.2, 0) is 0 Å². The van der Waals surface area contributed by atoms with Gasteiger partial charge in [0.25, 0.3) is 11.8 Å². The van der Waals surface area contributed by atoms with E-state index in [4.69, 9.17) is 5.73 Å². The summed E-state index contributed by atoms with van der Waals surface area (Å²) in [6.07, 6.45) is 1.41. The maximum absolute atomic E-state index is 12.9. The molecule has 0 radical (unpaired) electrons. The number of para-hydroxylation sites is 2. The monoisotopic (exact) mass is 431 g/mol. The van der Waals surface area contributed by atoms with Gasteiger partial charge < -0.3 is 21.3 Å². The summed E-state index contributed by atoms with van der Waals surface area (Å²) in [5.74, 6) is -0.628. The molecule has 0 aliphatic rings. The summed E-state index contributed by atoms with van der Waals surface area (Å²) in [5, 5.41) is 5.84. The van der Waals surface area contributed by atoms with Crippen LogP contribution in [0.4, 0.5) is 11.4 Å². The lowest BCUT2D eigenvalue weighted by atomic mass is 10.1. The number of nitrogen functional groups attached to an aromatic ring is 1. The van der Waals surface area contributed by atoms with Crippen molar-refractivity contribution in [2.75, 3.05) is 30.7 Å². The smallest absolute Gasteiger partial charge is 0.274 e. The summed E-state index contributed by atoms with van der Waals surface area (Å²) < 4.78 is 0. The van der Waals surface area contributed by atoms with Gasteiger partial charge in [0.05, 0.1) is 23.0 Å². The molecule has 2 amide bonds. The topological polar surface area (TPSA) is 100 Å². The molecule has 0 fully saturated rings. The first-order valence-electron chi connectivity index (χ1n) is 10.7. The first-order valence-corrected chi connectivity index (χ1v) is 10.7. The van der Waals surface area contributed by atoms with Crippen LogP contribution < -0.4 is 16.4 Å². The summed E-state index contributed by atoms with van der Waals surface area (Å²) in [6.45, 7) is 6.70. The fourth-order valence-electron chi connectivity index (χ4n) is 3.36. The molecule has 3 rings (SSSR count). The number of pyridine rings is 1. The minimum atomic E-state index is -0.390. The van der Waals surface area contributed by atoms with Gasteiger partial charge in [-0.2, -0.15) is 0 Å². The van der Waals surface area contributed by atoms with Crippen molar-refractivity contribution in [2.24, 2.45) is 0 Å². The molecule has 2 aromatic carbocycles. The highest BCUT2D eigenvalue weighted by Gasteiger charge is 2.19. The highest BCUT2D eigenvalue weighted by atomic mass is 16.2. The molecule has 0 spiro atoms. The van der Waals surface area contributed by atoms with Crippen molar-refractivity contribution in [3.8, 4) is 0 Å². The van der Waals surface area contributed by atoms with Crippen LogP contribution in [0.3, 0.4) is 0 Å². The minimum Gasteiger partial charge on any atom is -0.397 e. The Labute approximate surface area is 188 Å². The van der Waals surface area contributed by atoms with Crippen molar-refractivity contribution in [3.05, 3.63) is 89.7 Å². The van der Waals surface area contributed by atoms with Crippen molar-refractivity contribution in [3.63, 3.8) is 0 Å². The van der Waals surface area contributed by atoms with Crippen LogP contribution in [0, 0.1) is 0 Å². The Morgan fingerprint density at radius 1 is 0.938 bits per heavy atom. The number of nitrogens with one attached hydrogen (secondary N) is 2. The van der Waals surface area contributed by atoms with Gasteiger partial charge in [0.15, 0.2) is 0 Å². The van der Waals surface area contributed by atoms with E-state index >= 15 is 0 Å². The second-order valence-electron chi connectivity index (χ2n) is 7.40. The lowest BCUT2D eigenvalue weighted by molar-refractivity contribution is 0.0923. The van der Waals surface area contributed by atoms with E-state index in [1.54, 1.807) is 30.3 Å². The van der Waals surface area contributed by atoms with Crippen molar-refractivity contribution in [1.82, 2.24) is 15.2 Å². The molecule has 166 valence electrons. The van der Waals surface area contributed by atoms with Gasteiger partial charge in [-0.05, 0) is 42.9 Å². The van der Waals surface area contributed by atoms with Crippen LogP contribution in [0.1, 0.15) is 46.3 Å². The highest BCUT2D eigenvalue weighted by Crippen LogP contribution is 2.18. The zero-order chi connectivity index (χ0) is 22.9. The molecule has 0 aliphatic heterocycles.